The van der Waals surface area contributed by atoms with E-state index in [0.29, 0.717) is 0 Å². The standard InChI is InChI=1S/C9H5F3N2O2/c10-9(11,12)8-13-6-3-4(15)1-2-5(6)7(16)14-8/h1-3,15H,(H,13,14,16). The minimum atomic E-state index is -4.72. The van der Waals surface area contributed by atoms with Crippen LogP contribution in [0.25, 0.3) is 10.9 Å². The number of rotatable bonds is 0. The zero-order chi connectivity index (χ0) is 11.9. The van der Waals surface area contributed by atoms with E-state index in [0.717, 1.165) is 6.07 Å². The molecule has 1 aromatic carbocycles. The van der Waals surface area contributed by atoms with E-state index < -0.39 is 17.6 Å². The molecular formula is C9H5F3N2O2. The third kappa shape index (κ3) is 1.71. The van der Waals surface area contributed by atoms with Gasteiger partial charge < -0.3 is 10.1 Å². The SMILES string of the molecule is O=c1[nH]c(C(F)(F)F)nc2cc(O)ccc12. The van der Waals surface area contributed by atoms with Crippen LogP contribution in [-0.4, -0.2) is 15.1 Å². The fraction of sp³-hybridized carbons (Fsp3) is 0.111. The lowest BCUT2D eigenvalue weighted by Crippen LogP contribution is -2.18. The van der Waals surface area contributed by atoms with Crippen molar-refractivity contribution in [3.63, 3.8) is 0 Å². The maximum Gasteiger partial charge on any atom is 0.449 e. The zero-order valence-corrected chi connectivity index (χ0v) is 7.67. The second-order valence-corrected chi connectivity index (χ2v) is 3.11. The fourth-order valence-corrected chi connectivity index (χ4v) is 1.26. The number of aromatic hydroxyl groups is 1. The number of phenolic OH excluding ortho intramolecular Hbond substituents is 1. The number of hydrogen-bond donors (Lipinski definition) is 2. The van der Waals surface area contributed by atoms with Crippen LogP contribution in [0.15, 0.2) is 23.0 Å². The van der Waals surface area contributed by atoms with Gasteiger partial charge in [-0.15, -0.1) is 0 Å². The normalized spacial score (nSPS) is 11.9. The van der Waals surface area contributed by atoms with Crippen molar-refractivity contribution in [2.45, 2.75) is 6.18 Å². The van der Waals surface area contributed by atoms with Gasteiger partial charge in [0.05, 0.1) is 10.9 Å². The summed E-state index contributed by atoms with van der Waals surface area (Å²) in [6.45, 7) is 0. The van der Waals surface area contributed by atoms with Gasteiger partial charge in [-0.3, -0.25) is 4.79 Å². The summed E-state index contributed by atoms with van der Waals surface area (Å²) in [5, 5.41) is 9.07. The topological polar surface area (TPSA) is 66.0 Å². The number of H-pyrrole nitrogens is 1. The molecule has 0 aliphatic rings. The summed E-state index contributed by atoms with van der Waals surface area (Å²) in [5.41, 5.74) is -1.09. The molecule has 2 N–H and O–H groups in total. The molecule has 0 atom stereocenters. The van der Waals surface area contributed by atoms with E-state index in [1.54, 1.807) is 4.98 Å². The van der Waals surface area contributed by atoms with Crippen molar-refractivity contribution >= 4 is 10.9 Å². The molecule has 0 aliphatic heterocycles. The highest BCUT2D eigenvalue weighted by molar-refractivity contribution is 5.78. The predicted octanol–water partition coefficient (Wildman–Crippen LogP) is 1.65. The summed E-state index contributed by atoms with van der Waals surface area (Å²) < 4.78 is 36.9. The molecule has 0 saturated heterocycles. The summed E-state index contributed by atoms with van der Waals surface area (Å²) in [6.07, 6.45) is -4.72. The highest BCUT2D eigenvalue weighted by atomic mass is 19.4. The first-order valence-electron chi connectivity index (χ1n) is 4.18. The maximum absolute atomic E-state index is 12.3. The Labute approximate surface area is 86.4 Å². The number of aromatic amines is 1. The largest absolute Gasteiger partial charge is 0.508 e. The zero-order valence-electron chi connectivity index (χ0n) is 7.67. The first-order chi connectivity index (χ1) is 7.38. The summed E-state index contributed by atoms with van der Waals surface area (Å²) >= 11 is 0. The molecule has 0 saturated carbocycles. The van der Waals surface area contributed by atoms with Crippen molar-refractivity contribution in [1.82, 2.24) is 9.97 Å². The van der Waals surface area contributed by atoms with E-state index in [1.165, 1.54) is 12.1 Å². The van der Waals surface area contributed by atoms with Gasteiger partial charge in [0.2, 0.25) is 5.82 Å². The van der Waals surface area contributed by atoms with Crippen molar-refractivity contribution in [3.05, 3.63) is 34.4 Å². The van der Waals surface area contributed by atoms with Crippen molar-refractivity contribution < 1.29 is 18.3 Å². The van der Waals surface area contributed by atoms with Crippen molar-refractivity contribution in [1.29, 1.82) is 0 Å². The van der Waals surface area contributed by atoms with Crippen LogP contribution in [0.3, 0.4) is 0 Å². The van der Waals surface area contributed by atoms with Gasteiger partial charge in [-0.2, -0.15) is 13.2 Å². The van der Waals surface area contributed by atoms with Crippen LogP contribution in [0.4, 0.5) is 13.2 Å². The first kappa shape index (κ1) is 10.5. The van der Waals surface area contributed by atoms with Gasteiger partial charge in [0.25, 0.3) is 5.56 Å². The molecule has 1 aromatic heterocycles. The van der Waals surface area contributed by atoms with E-state index in [4.69, 9.17) is 5.11 Å². The van der Waals surface area contributed by atoms with E-state index in [-0.39, 0.29) is 16.7 Å². The summed E-state index contributed by atoms with van der Waals surface area (Å²) in [7, 11) is 0. The molecule has 1 heterocycles. The third-order valence-electron chi connectivity index (χ3n) is 1.96. The Kier molecular flexibility index (Phi) is 2.11. The van der Waals surface area contributed by atoms with Crippen molar-refractivity contribution in [2.24, 2.45) is 0 Å². The molecule has 0 aliphatic carbocycles. The van der Waals surface area contributed by atoms with Gasteiger partial charge in [-0.05, 0) is 12.1 Å². The van der Waals surface area contributed by atoms with E-state index in [2.05, 4.69) is 4.98 Å². The number of phenols is 1. The summed E-state index contributed by atoms with van der Waals surface area (Å²) in [5.74, 6) is -1.63. The van der Waals surface area contributed by atoms with Crippen LogP contribution in [0.5, 0.6) is 5.75 Å². The van der Waals surface area contributed by atoms with Crippen LogP contribution in [0, 0.1) is 0 Å². The quantitative estimate of drug-likeness (QED) is 0.723. The van der Waals surface area contributed by atoms with Gasteiger partial charge >= 0.3 is 6.18 Å². The molecule has 0 fully saturated rings. The fourth-order valence-electron chi connectivity index (χ4n) is 1.26. The highest BCUT2D eigenvalue weighted by Gasteiger charge is 2.34. The monoisotopic (exact) mass is 230 g/mol. The lowest BCUT2D eigenvalue weighted by Gasteiger charge is -2.06. The van der Waals surface area contributed by atoms with Gasteiger partial charge in [0.15, 0.2) is 0 Å². The third-order valence-corrected chi connectivity index (χ3v) is 1.96. The Balaban J connectivity index is 2.80. The van der Waals surface area contributed by atoms with Crippen LogP contribution in [0.2, 0.25) is 0 Å². The Morgan fingerprint density at radius 2 is 2.00 bits per heavy atom. The smallest absolute Gasteiger partial charge is 0.449 e. The minimum Gasteiger partial charge on any atom is -0.508 e. The van der Waals surface area contributed by atoms with Crippen LogP contribution in [-0.2, 0) is 6.18 Å². The molecule has 7 heteroatoms. The van der Waals surface area contributed by atoms with Gasteiger partial charge in [0.1, 0.15) is 5.75 Å². The molecule has 2 aromatic rings. The molecule has 0 amide bonds. The number of aromatic nitrogens is 2. The maximum atomic E-state index is 12.3. The van der Waals surface area contributed by atoms with Gasteiger partial charge in [-0.25, -0.2) is 4.98 Å². The van der Waals surface area contributed by atoms with E-state index in [9.17, 15) is 18.0 Å². The molecular weight excluding hydrogens is 225 g/mol. The number of nitrogens with zero attached hydrogens (tertiary/aromatic N) is 1. The molecule has 0 bridgehead atoms. The molecule has 16 heavy (non-hydrogen) atoms. The number of benzene rings is 1. The molecule has 0 unspecified atom stereocenters. The van der Waals surface area contributed by atoms with Gasteiger partial charge in [0, 0.05) is 6.07 Å². The number of hydrogen-bond acceptors (Lipinski definition) is 3. The van der Waals surface area contributed by atoms with Crippen LogP contribution in [0.1, 0.15) is 5.82 Å². The first-order valence-corrected chi connectivity index (χ1v) is 4.18. The predicted molar refractivity (Wildman–Crippen MR) is 49.0 cm³/mol. The number of fused-ring (bicyclic) bond motifs is 1. The lowest BCUT2D eigenvalue weighted by atomic mass is 10.2. The Hall–Kier alpha value is -2.05. The average Bonchev–Trinajstić information content (AvgIpc) is 2.15. The molecule has 2 rings (SSSR count). The van der Waals surface area contributed by atoms with Crippen molar-refractivity contribution in [2.75, 3.05) is 0 Å². The Morgan fingerprint density at radius 1 is 1.31 bits per heavy atom. The molecule has 0 spiro atoms. The van der Waals surface area contributed by atoms with E-state index in [1.807, 2.05) is 0 Å². The van der Waals surface area contributed by atoms with Crippen molar-refractivity contribution in [3.8, 4) is 5.75 Å². The van der Waals surface area contributed by atoms with Crippen LogP contribution >= 0.6 is 0 Å². The van der Waals surface area contributed by atoms with E-state index >= 15 is 0 Å². The highest BCUT2D eigenvalue weighted by Crippen LogP contribution is 2.26. The number of nitrogens with one attached hydrogen (secondary N) is 1. The minimum absolute atomic E-state index is 0.00852. The average molecular weight is 230 g/mol. The van der Waals surface area contributed by atoms with Crippen LogP contribution < -0.4 is 5.56 Å². The number of alkyl halides is 3. The number of halogens is 3. The second kappa shape index (κ2) is 3.22. The molecule has 0 radical (unpaired) electrons. The molecule has 4 nitrogen and oxygen atoms in total. The van der Waals surface area contributed by atoms with Gasteiger partial charge in [-0.1, -0.05) is 0 Å². The summed E-state index contributed by atoms with van der Waals surface area (Å²) in [4.78, 5) is 16.1. The second-order valence-electron chi connectivity index (χ2n) is 3.11. The Bertz CT molecular complexity index is 604. The summed E-state index contributed by atoms with van der Waals surface area (Å²) in [6, 6.07) is 3.41. The Morgan fingerprint density at radius 3 is 2.62 bits per heavy atom. The molecule has 84 valence electrons. The lowest BCUT2D eigenvalue weighted by molar-refractivity contribution is -0.144.